The lowest BCUT2D eigenvalue weighted by Crippen LogP contribution is -1.94. The van der Waals surface area contributed by atoms with E-state index in [1.54, 1.807) is 0 Å². The average Bonchev–Trinajstić information content (AvgIpc) is 2.19. The summed E-state index contributed by atoms with van der Waals surface area (Å²) in [7, 11) is 0. The summed E-state index contributed by atoms with van der Waals surface area (Å²) in [6.07, 6.45) is 2.12. The standard InChI is InChI=1S/C12H17N/c1-3-11(2)13-10-9-12-7-5-4-6-8-12/h4-8H,3,9-10H2,1-2H3. The molecule has 0 bridgehead atoms. The van der Waals surface area contributed by atoms with Crippen molar-refractivity contribution in [3.05, 3.63) is 35.9 Å². The van der Waals surface area contributed by atoms with Gasteiger partial charge in [-0.2, -0.15) is 0 Å². The average molecular weight is 175 g/mol. The number of nitrogens with zero attached hydrogens (tertiary/aromatic N) is 1. The van der Waals surface area contributed by atoms with Gasteiger partial charge in [0.05, 0.1) is 0 Å². The van der Waals surface area contributed by atoms with Crippen molar-refractivity contribution in [2.45, 2.75) is 26.7 Å². The van der Waals surface area contributed by atoms with Gasteiger partial charge in [0, 0.05) is 12.3 Å². The van der Waals surface area contributed by atoms with Crippen LogP contribution in [0.1, 0.15) is 25.8 Å². The van der Waals surface area contributed by atoms with Crippen molar-refractivity contribution in [2.75, 3.05) is 6.54 Å². The first-order chi connectivity index (χ1) is 6.33. The monoisotopic (exact) mass is 175 g/mol. The molecule has 0 aliphatic rings. The first-order valence-electron chi connectivity index (χ1n) is 4.86. The van der Waals surface area contributed by atoms with Crippen molar-refractivity contribution in [2.24, 2.45) is 4.99 Å². The van der Waals surface area contributed by atoms with Crippen molar-refractivity contribution < 1.29 is 0 Å². The lowest BCUT2D eigenvalue weighted by molar-refractivity contribution is 0.958. The number of benzene rings is 1. The molecule has 1 rings (SSSR count). The first-order valence-corrected chi connectivity index (χ1v) is 4.86. The summed E-state index contributed by atoms with van der Waals surface area (Å²) in [6.45, 7) is 5.15. The van der Waals surface area contributed by atoms with E-state index in [1.807, 2.05) is 6.07 Å². The summed E-state index contributed by atoms with van der Waals surface area (Å²) in [5.41, 5.74) is 2.62. The highest BCUT2D eigenvalue weighted by Gasteiger charge is 1.89. The maximum Gasteiger partial charge on any atom is 0.0428 e. The third-order valence-corrected chi connectivity index (χ3v) is 2.14. The van der Waals surface area contributed by atoms with E-state index in [0.717, 1.165) is 19.4 Å². The maximum atomic E-state index is 4.45. The van der Waals surface area contributed by atoms with E-state index in [9.17, 15) is 0 Å². The SMILES string of the molecule is CCC(C)=NCCc1ccccc1. The van der Waals surface area contributed by atoms with Crippen LogP contribution in [0.25, 0.3) is 0 Å². The third kappa shape index (κ3) is 3.88. The Balaban J connectivity index is 2.36. The van der Waals surface area contributed by atoms with Gasteiger partial charge in [0.1, 0.15) is 0 Å². The van der Waals surface area contributed by atoms with Gasteiger partial charge >= 0.3 is 0 Å². The molecule has 0 N–H and O–H groups in total. The molecule has 1 nitrogen and oxygen atoms in total. The largest absolute Gasteiger partial charge is 0.294 e. The fourth-order valence-corrected chi connectivity index (χ4v) is 1.13. The van der Waals surface area contributed by atoms with Crippen molar-refractivity contribution in [3.8, 4) is 0 Å². The van der Waals surface area contributed by atoms with Crippen LogP contribution in [0.3, 0.4) is 0 Å². The van der Waals surface area contributed by atoms with E-state index in [4.69, 9.17) is 0 Å². The predicted octanol–water partition coefficient (Wildman–Crippen LogP) is 3.10. The van der Waals surface area contributed by atoms with Crippen LogP contribution >= 0.6 is 0 Å². The number of aliphatic imine (C=N–C) groups is 1. The van der Waals surface area contributed by atoms with E-state index in [2.05, 4.69) is 43.1 Å². The van der Waals surface area contributed by atoms with Crippen molar-refractivity contribution >= 4 is 5.71 Å². The molecule has 70 valence electrons. The zero-order valence-corrected chi connectivity index (χ0v) is 8.46. The molecule has 0 aromatic heterocycles. The quantitative estimate of drug-likeness (QED) is 0.623. The third-order valence-electron chi connectivity index (χ3n) is 2.14. The molecular formula is C12H17N. The van der Waals surface area contributed by atoms with Gasteiger partial charge in [0.25, 0.3) is 0 Å². The summed E-state index contributed by atoms with van der Waals surface area (Å²) >= 11 is 0. The van der Waals surface area contributed by atoms with Gasteiger partial charge in [0.15, 0.2) is 0 Å². The van der Waals surface area contributed by atoms with Gasteiger partial charge < -0.3 is 0 Å². The van der Waals surface area contributed by atoms with Crippen LogP contribution in [0.5, 0.6) is 0 Å². The molecule has 1 heteroatoms. The molecule has 0 radical (unpaired) electrons. The number of hydrogen-bond acceptors (Lipinski definition) is 1. The highest BCUT2D eigenvalue weighted by atomic mass is 14.7. The van der Waals surface area contributed by atoms with E-state index in [1.165, 1.54) is 11.3 Å². The second-order valence-corrected chi connectivity index (χ2v) is 3.21. The molecule has 1 aromatic carbocycles. The molecule has 0 aliphatic carbocycles. The summed E-state index contributed by atoms with van der Waals surface area (Å²) in [6, 6.07) is 10.5. The summed E-state index contributed by atoms with van der Waals surface area (Å²) < 4.78 is 0. The minimum absolute atomic E-state index is 0.920. The van der Waals surface area contributed by atoms with Crippen LogP contribution in [-0.4, -0.2) is 12.3 Å². The Labute approximate surface area is 80.5 Å². The van der Waals surface area contributed by atoms with Gasteiger partial charge in [-0.1, -0.05) is 37.3 Å². The molecule has 0 atom stereocenters. The minimum atomic E-state index is 0.920. The van der Waals surface area contributed by atoms with Crippen molar-refractivity contribution in [1.82, 2.24) is 0 Å². The summed E-state index contributed by atoms with van der Waals surface area (Å²) in [4.78, 5) is 4.45. The molecule has 0 unspecified atom stereocenters. The minimum Gasteiger partial charge on any atom is -0.294 e. The molecule has 13 heavy (non-hydrogen) atoms. The van der Waals surface area contributed by atoms with Gasteiger partial charge in [-0.25, -0.2) is 0 Å². The zero-order chi connectivity index (χ0) is 9.52. The highest BCUT2D eigenvalue weighted by Crippen LogP contribution is 1.99. The van der Waals surface area contributed by atoms with Crippen LogP contribution in [0, 0.1) is 0 Å². The highest BCUT2D eigenvalue weighted by molar-refractivity contribution is 5.81. The Bertz CT molecular complexity index is 262. The molecule has 0 fully saturated rings. The van der Waals surface area contributed by atoms with Gasteiger partial charge in [-0.3, -0.25) is 4.99 Å². The summed E-state index contributed by atoms with van der Waals surface area (Å²) in [5.74, 6) is 0. The fraction of sp³-hybridized carbons (Fsp3) is 0.417. The van der Waals surface area contributed by atoms with E-state index in [-0.39, 0.29) is 0 Å². The first kappa shape index (κ1) is 9.97. The Hall–Kier alpha value is -1.11. The fourth-order valence-electron chi connectivity index (χ4n) is 1.13. The zero-order valence-electron chi connectivity index (χ0n) is 8.46. The van der Waals surface area contributed by atoms with Crippen LogP contribution in [0.15, 0.2) is 35.3 Å². The van der Waals surface area contributed by atoms with Gasteiger partial charge in [-0.05, 0) is 25.3 Å². The Morgan fingerprint density at radius 3 is 2.54 bits per heavy atom. The molecule has 0 spiro atoms. The van der Waals surface area contributed by atoms with Crippen molar-refractivity contribution in [1.29, 1.82) is 0 Å². The molecular weight excluding hydrogens is 158 g/mol. The molecule has 0 aliphatic heterocycles. The Morgan fingerprint density at radius 2 is 1.92 bits per heavy atom. The normalized spacial score (nSPS) is 11.7. The van der Waals surface area contributed by atoms with Crippen LogP contribution in [0.2, 0.25) is 0 Å². The number of rotatable bonds is 4. The second-order valence-electron chi connectivity index (χ2n) is 3.21. The molecule has 0 heterocycles. The second kappa shape index (κ2) is 5.52. The smallest absolute Gasteiger partial charge is 0.0428 e. The Kier molecular flexibility index (Phi) is 4.24. The summed E-state index contributed by atoms with van der Waals surface area (Å²) in [5, 5.41) is 0. The Morgan fingerprint density at radius 1 is 1.23 bits per heavy atom. The van der Waals surface area contributed by atoms with Crippen LogP contribution in [0.4, 0.5) is 0 Å². The van der Waals surface area contributed by atoms with Gasteiger partial charge in [-0.15, -0.1) is 0 Å². The van der Waals surface area contributed by atoms with E-state index >= 15 is 0 Å². The lowest BCUT2D eigenvalue weighted by Gasteiger charge is -1.98. The van der Waals surface area contributed by atoms with E-state index in [0.29, 0.717) is 0 Å². The molecule has 1 aromatic rings. The van der Waals surface area contributed by atoms with Crippen molar-refractivity contribution in [3.63, 3.8) is 0 Å². The number of hydrogen-bond donors (Lipinski definition) is 0. The van der Waals surface area contributed by atoms with E-state index < -0.39 is 0 Å². The maximum absolute atomic E-state index is 4.45. The topological polar surface area (TPSA) is 12.4 Å². The molecule has 0 amide bonds. The predicted molar refractivity (Wildman–Crippen MR) is 58.4 cm³/mol. The lowest BCUT2D eigenvalue weighted by atomic mass is 10.1. The van der Waals surface area contributed by atoms with Crippen LogP contribution in [-0.2, 0) is 6.42 Å². The molecule has 0 saturated heterocycles. The molecule has 0 saturated carbocycles. The van der Waals surface area contributed by atoms with Crippen LogP contribution < -0.4 is 0 Å². The van der Waals surface area contributed by atoms with Gasteiger partial charge in [0.2, 0.25) is 0 Å².